The average Bonchev–Trinajstić information content (AvgIpc) is 2.62. The van der Waals surface area contributed by atoms with E-state index in [1.54, 1.807) is 39.0 Å². The number of esters is 1. The van der Waals surface area contributed by atoms with Crippen molar-refractivity contribution in [3.8, 4) is 5.75 Å². The SMILES string of the molecule is CC(C)(C)OC(=O)OC(=O)C[C@@H](N)CCc1ccc2c(c1)NC(=O)[C@@H](CCC(=O)O)O2. The lowest BCUT2D eigenvalue weighted by atomic mass is 10.0. The van der Waals surface area contributed by atoms with Gasteiger partial charge < -0.3 is 30.4 Å². The lowest BCUT2D eigenvalue weighted by molar-refractivity contribution is -0.142. The summed E-state index contributed by atoms with van der Waals surface area (Å²) in [5, 5.41) is 11.5. The smallest absolute Gasteiger partial charge is 0.481 e. The van der Waals surface area contributed by atoms with Gasteiger partial charge in [-0.3, -0.25) is 14.4 Å². The monoisotopic (exact) mass is 436 g/mol. The van der Waals surface area contributed by atoms with Crippen molar-refractivity contribution in [3.63, 3.8) is 0 Å². The Bertz CT molecular complexity index is 846. The molecule has 0 fully saturated rings. The molecule has 0 spiro atoms. The number of benzene rings is 1. The van der Waals surface area contributed by atoms with Crippen molar-refractivity contribution in [2.75, 3.05) is 5.32 Å². The Morgan fingerprint density at radius 2 is 2.00 bits per heavy atom. The van der Waals surface area contributed by atoms with E-state index in [4.69, 9.17) is 20.3 Å². The highest BCUT2D eigenvalue weighted by atomic mass is 16.7. The van der Waals surface area contributed by atoms with Crippen LogP contribution in [0.2, 0.25) is 0 Å². The fourth-order valence-corrected chi connectivity index (χ4v) is 2.87. The predicted molar refractivity (Wildman–Crippen MR) is 110 cm³/mol. The van der Waals surface area contributed by atoms with Crippen molar-refractivity contribution >= 4 is 29.7 Å². The molecule has 2 atom stereocenters. The van der Waals surface area contributed by atoms with Gasteiger partial charge in [0.15, 0.2) is 6.10 Å². The van der Waals surface area contributed by atoms with Crippen LogP contribution in [0.1, 0.15) is 52.0 Å². The van der Waals surface area contributed by atoms with E-state index in [1.807, 2.05) is 0 Å². The third kappa shape index (κ3) is 8.25. The van der Waals surface area contributed by atoms with Crippen molar-refractivity contribution in [3.05, 3.63) is 23.8 Å². The second kappa shape index (κ2) is 10.3. The fourth-order valence-electron chi connectivity index (χ4n) is 2.87. The van der Waals surface area contributed by atoms with Gasteiger partial charge in [0, 0.05) is 18.9 Å². The number of rotatable bonds is 8. The van der Waals surface area contributed by atoms with E-state index in [-0.39, 0.29) is 19.3 Å². The quantitative estimate of drug-likeness (QED) is 0.411. The highest BCUT2D eigenvalue weighted by Gasteiger charge is 2.28. The van der Waals surface area contributed by atoms with Gasteiger partial charge in [-0.25, -0.2) is 4.79 Å². The third-order valence-corrected chi connectivity index (χ3v) is 4.30. The number of carboxylic acid groups (broad SMARTS) is 1. The molecule has 4 N–H and O–H groups in total. The molecule has 0 aromatic heterocycles. The number of aliphatic carboxylic acids is 1. The zero-order valence-corrected chi connectivity index (χ0v) is 17.8. The second-order valence-electron chi connectivity index (χ2n) is 8.30. The van der Waals surface area contributed by atoms with E-state index in [0.717, 1.165) is 5.56 Å². The number of amides is 1. The van der Waals surface area contributed by atoms with E-state index in [0.29, 0.717) is 24.3 Å². The molecule has 1 aromatic carbocycles. The first-order valence-corrected chi connectivity index (χ1v) is 9.94. The Morgan fingerprint density at radius 3 is 2.65 bits per heavy atom. The number of ether oxygens (including phenoxy) is 3. The van der Waals surface area contributed by atoms with Gasteiger partial charge in [0.2, 0.25) is 0 Å². The number of carboxylic acids is 1. The van der Waals surface area contributed by atoms with Crippen LogP contribution in [-0.4, -0.2) is 46.9 Å². The summed E-state index contributed by atoms with van der Waals surface area (Å²) in [6, 6.07) is 4.71. The number of carbonyl (C=O) groups excluding carboxylic acids is 3. The molecule has 1 amide bonds. The molecule has 0 unspecified atom stereocenters. The molecule has 31 heavy (non-hydrogen) atoms. The van der Waals surface area contributed by atoms with Gasteiger partial charge in [-0.1, -0.05) is 6.07 Å². The Kier molecular flexibility index (Phi) is 7.98. The van der Waals surface area contributed by atoms with Crippen molar-refractivity contribution in [2.24, 2.45) is 5.73 Å². The highest BCUT2D eigenvalue weighted by molar-refractivity contribution is 5.98. The van der Waals surface area contributed by atoms with Crippen molar-refractivity contribution < 1.29 is 38.5 Å². The topological polar surface area (TPSA) is 154 Å². The number of anilines is 1. The summed E-state index contributed by atoms with van der Waals surface area (Å²) in [5.74, 6) is -1.69. The largest absolute Gasteiger partial charge is 0.516 e. The van der Waals surface area contributed by atoms with Crippen LogP contribution in [0, 0.1) is 0 Å². The number of aryl methyl sites for hydroxylation is 1. The first-order valence-electron chi connectivity index (χ1n) is 9.94. The summed E-state index contributed by atoms with van der Waals surface area (Å²) >= 11 is 0. The molecular weight excluding hydrogens is 408 g/mol. The van der Waals surface area contributed by atoms with Crippen molar-refractivity contribution in [1.82, 2.24) is 0 Å². The van der Waals surface area contributed by atoms with Gasteiger partial charge >= 0.3 is 18.1 Å². The lowest BCUT2D eigenvalue weighted by Crippen LogP contribution is -2.37. The molecule has 1 aromatic rings. The van der Waals surface area contributed by atoms with E-state index in [1.165, 1.54) is 0 Å². The molecule has 0 aliphatic carbocycles. The Balaban J connectivity index is 1.83. The van der Waals surface area contributed by atoms with Crippen molar-refractivity contribution in [1.29, 1.82) is 0 Å². The van der Waals surface area contributed by atoms with Crippen LogP contribution in [0.4, 0.5) is 10.5 Å². The number of carbonyl (C=O) groups is 4. The molecule has 1 aliphatic heterocycles. The zero-order chi connectivity index (χ0) is 23.2. The summed E-state index contributed by atoms with van der Waals surface area (Å²) in [7, 11) is 0. The van der Waals surface area contributed by atoms with Crippen LogP contribution in [0.3, 0.4) is 0 Å². The lowest BCUT2D eigenvalue weighted by Gasteiger charge is -2.26. The standard InChI is InChI=1S/C21H28N2O8/c1-21(2,3)31-20(28)30-18(26)11-13(22)6-4-12-5-7-15-14(10-12)23-19(27)16(29-15)8-9-17(24)25/h5,7,10,13,16H,4,6,8-9,11,22H2,1-3H3,(H,23,27)(H,24,25)/t13-,16+/m0/s1. The van der Waals surface area contributed by atoms with E-state index in [9.17, 15) is 19.2 Å². The van der Waals surface area contributed by atoms with Gasteiger partial charge in [0.25, 0.3) is 5.91 Å². The number of nitrogens with one attached hydrogen (secondary N) is 1. The average molecular weight is 436 g/mol. The molecule has 0 saturated heterocycles. The maximum Gasteiger partial charge on any atom is 0.516 e. The van der Waals surface area contributed by atoms with E-state index >= 15 is 0 Å². The molecule has 0 saturated carbocycles. The highest BCUT2D eigenvalue weighted by Crippen LogP contribution is 2.32. The van der Waals surface area contributed by atoms with Crippen LogP contribution in [0.25, 0.3) is 0 Å². The molecule has 0 radical (unpaired) electrons. The number of fused-ring (bicyclic) bond motifs is 1. The Morgan fingerprint density at radius 1 is 1.29 bits per heavy atom. The Hall–Kier alpha value is -3.14. The van der Waals surface area contributed by atoms with E-state index in [2.05, 4.69) is 10.1 Å². The minimum absolute atomic E-state index is 0.0800. The molecule has 10 nitrogen and oxygen atoms in total. The van der Waals surface area contributed by atoms with Gasteiger partial charge in [-0.2, -0.15) is 0 Å². The molecule has 2 rings (SSSR count). The molecular formula is C21H28N2O8. The molecule has 0 bridgehead atoms. The molecule has 1 heterocycles. The zero-order valence-electron chi connectivity index (χ0n) is 17.8. The third-order valence-electron chi connectivity index (χ3n) is 4.30. The van der Waals surface area contributed by atoms with Gasteiger partial charge in [-0.15, -0.1) is 0 Å². The first kappa shape index (κ1) is 24.1. The minimum Gasteiger partial charge on any atom is -0.481 e. The maximum absolute atomic E-state index is 12.1. The molecule has 1 aliphatic rings. The second-order valence-corrected chi connectivity index (χ2v) is 8.30. The fraction of sp³-hybridized carbons (Fsp3) is 0.524. The summed E-state index contributed by atoms with van der Waals surface area (Å²) in [5.41, 5.74) is 6.56. The normalized spacial score (nSPS) is 16.4. The molecule has 170 valence electrons. The van der Waals surface area contributed by atoms with Crippen LogP contribution in [0.15, 0.2) is 18.2 Å². The minimum atomic E-state index is -1.06. The Labute approximate surface area is 180 Å². The van der Waals surface area contributed by atoms with Crippen LogP contribution >= 0.6 is 0 Å². The first-order chi connectivity index (χ1) is 14.4. The van der Waals surface area contributed by atoms with Crippen LogP contribution in [0.5, 0.6) is 5.75 Å². The van der Waals surface area contributed by atoms with Gasteiger partial charge in [0.05, 0.1) is 12.1 Å². The summed E-state index contributed by atoms with van der Waals surface area (Å²) < 4.78 is 15.1. The summed E-state index contributed by atoms with van der Waals surface area (Å²) in [4.78, 5) is 46.1. The van der Waals surface area contributed by atoms with Crippen molar-refractivity contribution in [2.45, 2.75) is 70.6 Å². The van der Waals surface area contributed by atoms with Crippen LogP contribution in [-0.2, 0) is 30.3 Å². The number of hydrogen-bond acceptors (Lipinski definition) is 8. The number of hydrogen-bond donors (Lipinski definition) is 3. The summed E-state index contributed by atoms with van der Waals surface area (Å²) in [6.07, 6.45) is -1.17. The van der Waals surface area contributed by atoms with Gasteiger partial charge in [-0.05, 0) is 51.3 Å². The predicted octanol–water partition coefficient (Wildman–Crippen LogP) is 2.38. The molecule has 10 heteroatoms. The van der Waals surface area contributed by atoms with Gasteiger partial charge in [0.1, 0.15) is 11.4 Å². The number of nitrogens with two attached hydrogens (primary N) is 1. The van der Waals surface area contributed by atoms with E-state index < -0.39 is 41.7 Å². The maximum atomic E-state index is 12.1. The van der Waals surface area contributed by atoms with Crippen LogP contribution < -0.4 is 15.8 Å². The summed E-state index contributed by atoms with van der Waals surface area (Å²) in [6.45, 7) is 4.98.